The summed E-state index contributed by atoms with van der Waals surface area (Å²) in [5.74, 6) is 2.11. The molecule has 0 fully saturated rings. The normalized spacial score (nSPS) is 12.0. The van der Waals surface area contributed by atoms with Gasteiger partial charge in [-0.25, -0.2) is 14.4 Å². The van der Waals surface area contributed by atoms with E-state index in [9.17, 15) is 4.39 Å². The first-order valence-electron chi connectivity index (χ1n) is 13.5. The van der Waals surface area contributed by atoms with E-state index < -0.39 is 6.17 Å². The third-order valence-corrected chi connectivity index (χ3v) is 6.08. The highest BCUT2D eigenvalue weighted by atomic mass is 19.1. The van der Waals surface area contributed by atoms with Gasteiger partial charge in [0.1, 0.15) is 11.9 Å². The SMILES string of the molecule is CCCCCCCCOc1cnc(-c2ccc(OCC[C@H](F)CCCCCCCC)cc2)nc1. The van der Waals surface area contributed by atoms with Crippen molar-refractivity contribution in [2.45, 2.75) is 110 Å². The van der Waals surface area contributed by atoms with Crippen molar-refractivity contribution in [2.75, 3.05) is 13.2 Å². The second-order valence-electron chi connectivity index (χ2n) is 9.17. The van der Waals surface area contributed by atoms with Crippen molar-refractivity contribution in [2.24, 2.45) is 0 Å². The second kappa shape index (κ2) is 18.2. The predicted octanol–water partition coefficient (Wildman–Crippen LogP) is 8.74. The molecule has 5 heteroatoms. The number of rotatable bonds is 20. The van der Waals surface area contributed by atoms with Crippen LogP contribution in [0, 0.1) is 0 Å². The molecule has 0 saturated carbocycles. The zero-order valence-electron chi connectivity index (χ0n) is 21.4. The number of aromatic nitrogens is 2. The molecule has 1 aromatic heterocycles. The molecule has 2 rings (SSSR count). The lowest BCUT2D eigenvalue weighted by Crippen LogP contribution is -2.07. The van der Waals surface area contributed by atoms with E-state index in [4.69, 9.17) is 9.47 Å². The molecule has 1 aromatic carbocycles. The fourth-order valence-corrected chi connectivity index (χ4v) is 3.91. The Labute approximate surface area is 206 Å². The standard InChI is InChI=1S/C29H45FN2O2/c1-3-5-7-9-11-13-15-26(30)20-22-34-27-18-16-25(17-19-27)29-31-23-28(24-32-29)33-21-14-12-10-8-6-4-2/h16-19,23-24,26H,3-15,20-22H2,1-2H3/t26-/m1/s1. The molecule has 0 spiro atoms. The molecule has 1 heterocycles. The first-order valence-corrected chi connectivity index (χ1v) is 13.5. The average molecular weight is 473 g/mol. The number of halogens is 1. The van der Waals surface area contributed by atoms with Crippen LogP contribution in [0.5, 0.6) is 11.5 Å². The molecule has 0 amide bonds. The van der Waals surface area contributed by atoms with Gasteiger partial charge in [-0.2, -0.15) is 0 Å². The van der Waals surface area contributed by atoms with Gasteiger partial charge in [-0.05, 0) is 37.1 Å². The van der Waals surface area contributed by atoms with Gasteiger partial charge < -0.3 is 9.47 Å². The maximum atomic E-state index is 14.1. The first-order chi connectivity index (χ1) is 16.7. The lowest BCUT2D eigenvalue weighted by Gasteiger charge is -2.10. The number of hydrogen-bond acceptors (Lipinski definition) is 4. The predicted molar refractivity (Wildman–Crippen MR) is 139 cm³/mol. The van der Waals surface area contributed by atoms with Crippen LogP contribution < -0.4 is 9.47 Å². The first kappa shape index (κ1) is 28.1. The summed E-state index contributed by atoms with van der Waals surface area (Å²) in [5.41, 5.74) is 0.918. The summed E-state index contributed by atoms with van der Waals surface area (Å²) in [6, 6.07) is 7.65. The molecule has 1 atom stereocenters. The summed E-state index contributed by atoms with van der Waals surface area (Å²) in [6.07, 6.45) is 18.4. The number of benzene rings is 1. The summed E-state index contributed by atoms with van der Waals surface area (Å²) in [7, 11) is 0. The summed E-state index contributed by atoms with van der Waals surface area (Å²) in [5, 5.41) is 0. The molecule has 0 saturated heterocycles. The lowest BCUT2D eigenvalue weighted by molar-refractivity contribution is 0.222. The van der Waals surface area contributed by atoms with Gasteiger partial charge in [0.05, 0.1) is 25.6 Å². The van der Waals surface area contributed by atoms with Crippen molar-refractivity contribution in [3.63, 3.8) is 0 Å². The van der Waals surface area contributed by atoms with Gasteiger partial charge in [0.25, 0.3) is 0 Å². The van der Waals surface area contributed by atoms with Crippen molar-refractivity contribution in [3.05, 3.63) is 36.7 Å². The minimum Gasteiger partial charge on any atom is -0.493 e. The Bertz CT molecular complexity index is 737. The Balaban J connectivity index is 1.62. The highest BCUT2D eigenvalue weighted by Gasteiger charge is 2.07. The Morgan fingerprint density at radius 3 is 1.85 bits per heavy atom. The van der Waals surface area contributed by atoms with E-state index in [-0.39, 0.29) is 0 Å². The zero-order valence-corrected chi connectivity index (χ0v) is 21.4. The quantitative estimate of drug-likeness (QED) is 0.181. The van der Waals surface area contributed by atoms with E-state index in [0.29, 0.717) is 37.6 Å². The van der Waals surface area contributed by atoms with Crippen LogP contribution in [0.15, 0.2) is 36.7 Å². The van der Waals surface area contributed by atoms with Crippen LogP contribution in [0.25, 0.3) is 11.4 Å². The van der Waals surface area contributed by atoms with Crippen molar-refractivity contribution in [3.8, 4) is 22.9 Å². The van der Waals surface area contributed by atoms with Crippen molar-refractivity contribution >= 4 is 0 Å². The monoisotopic (exact) mass is 472 g/mol. The molecule has 0 unspecified atom stereocenters. The minimum atomic E-state index is -0.777. The van der Waals surface area contributed by atoms with Gasteiger partial charge in [0.15, 0.2) is 11.6 Å². The van der Waals surface area contributed by atoms with Gasteiger partial charge >= 0.3 is 0 Å². The number of alkyl halides is 1. The van der Waals surface area contributed by atoms with Crippen molar-refractivity contribution < 1.29 is 13.9 Å². The van der Waals surface area contributed by atoms with Crippen LogP contribution in [-0.2, 0) is 0 Å². The Morgan fingerprint density at radius 1 is 0.647 bits per heavy atom. The highest BCUT2D eigenvalue weighted by Crippen LogP contribution is 2.21. The molecule has 0 N–H and O–H groups in total. The van der Waals surface area contributed by atoms with Crippen molar-refractivity contribution in [1.29, 1.82) is 0 Å². The van der Waals surface area contributed by atoms with Crippen LogP contribution >= 0.6 is 0 Å². The van der Waals surface area contributed by atoms with Gasteiger partial charge in [-0.15, -0.1) is 0 Å². The third kappa shape index (κ3) is 12.3. The van der Waals surface area contributed by atoms with Crippen LogP contribution in [0.1, 0.15) is 104 Å². The molecule has 0 radical (unpaired) electrons. The van der Waals surface area contributed by atoms with E-state index in [1.807, 2.05) is 24.3 Å². The fraction of sp³-hybridized carbons (Fsp3) is 0.655. The molecule has 2 aromatic rings. The average Bonchev–Trinajstić information content (AvgIpc) is 2.86. The Hall–Kier alpha value is -2.17. The molecule has 0 bridgehead atoms. The molecular formula is C29H45FN2O2. The van der Waals surface area contributed by atoms with Crippen molar-refractivity contribution in [1.82, 2.24) is 9.97 Å². The summed E-state index contributed by atoms with van der Waals surface area (Å²) < 4.78 is 25.5. The summed E-state index contributed by atoms with van der Waals surface area (Å²) >= 11 is 0. The number of ether oxygens (including phenoxy) is 2. The zero-order chi connectivity index (χ0) is 24.3. The lowest BCUT2D eigenvalue weighted by atomic mass is 10.1. The summed E-state index contributed by atoms with van der Waals surface area (Å²) in [6.45, 7) is 5.55. The van der Waals surface area contributed by atoms with E-state index in [0.717, 1.165) is 30.6 Å². The van der Waals surface area contributed by atoms with Crippen LogP contribution in [0.2, 0.25) is 0 Å². The maximum Gasteiger partial charge on any atom is 0.159 e. The molecule has 0 aliphatic heterocycles. The Morgan fingerprint density at radius 2 is 1.21 bits per heavy atom. The molecule has 190 valence electrons. The number of hydrogen-bond donors (Lipinski definition) is 0. The molecule has 0 aliphatic carbocycles. The van der Waals surface area contributed by atoms with Gasteiger partial charge in [0.2, 0.25) is 0 Å². The topological polar surface area (TPSA) is 44.2 Å². The van der Waals surface area contributed by atoms with Gasteiger partial charge in [0, 0.05) is 12.0 Å². The smallest absolute Gasteiger partial charge is 0.159 e. The van der Waals surface area contributed by atoms with E-state index >= 15 is 0 Å². The second-order valence-corrected chi connectivity index (χ2v) is 9.17. The minimum absolute atomic E-state index is 0.400. The van der Waals surface area contributed by atoms with E-state index in [1.54, 1.807) is 12.4 Å². The van der Waals surface area contributed by atoms with Gasteiger partial charge in [-0.3, -0.25) is 0 Å². The number of unbranched alkanes of at least 4 members (excludes halogenated alkanes) is 10. The third-order valence-electron chi connectivity index (χ3n) is 6.08. The van der Waals surface area contributed by atoms with E-state index in [1.165, 1.54) is 57.8 Å². The van der Waals surface area contributed by atoms with Crippen LogP contribution in [0.3, 0.4) is 0 Å². The fourth-order valence-electron chi connectivity index (χ4n) is 3.91. The highest BCUT2D eigenvalue weighted by molar-refractivity contribution is 5.56. The summed E-state index contributed by atoms with van der Waals surface area (Å²) in [4.78, 5) is 8.86. The largest absolute Gasteiger partial charge is 0.493 e. The van der Waals surface area contributed by atoms with Crippen LogP contribution in [0.4, 0.5) is 4.39 Å². The molecule has 4 nitrogen and oxygen atoms in total. The van der Waals surface area contributed by atoms with E-state index in [2.05, 4.69) is 23.8 Å². The molecular weight excluding hydrogens is 427 g/mol. The Kier molecular flexibility index (Phi) is 15.0. The molecule has 0 aliphatic rings. The molecule has 34 heavy (non-hydrogen) atoms. The maximum absolute atomic E-state index is 14.1. The number of nitrogens with zero attached hydrogens (tertiary/aromatic N) is 2. The van der Waals surface area contributed by atoms with Gasteiger partial charge in [-0.1, -0.05) is 84.5 Å². The van der Waals surface area contributed by atoms with Crippen LogP contribution in [-0.4, -0.2) is 29.4 Å².